The Hall–Kier alpha value is -1.56. The summed E-state index contributed by atoms with van der Waals surface area (Å²) in [5.41, 5.74) is -4.03. The van der Waals surface area contributed by atoms with Crippen LogP contribution in [0.15, 0.2) is 0 Å². The number of piperidine rings is 1. The van der Waals surface area contributed by atoms with Gasteiger partial charge in [-0.3, -0.25) is 19.2 Å². The first-order chi connectivity index (χ1) is 20.7. The molecule has 0 aromatic carbocycles. The van der Waals surface area contributed by atoms with E-state index in [4.69, 9.17) is 0 Å². The highest BCUT2D eigenvalue weighted by Gasteiger charge is 2.43. The lowest BCUT2D eigenvalue weighted by molar-refractivity contribution is -0.145. The lowest BCUT2D eigenvalue weighted by atomic mass is 9.78. The average molecular weight is 641 g/mol. The highest BCUT2D eigenvalue weighted by molar-refractivity contribution is 5.90. The van der Waals surface area contributed by atoms with Crippen molar-refractivity contribution in [3.8, 4) is 0 Å². The van der Waals surface area contributed by atoms with Crippen LogP contribution in [-0.4, -0.2) is 92.1 Å². The van der Waals surface area contributed by atoms with E-state index in [1.54, 1.807) is 13.8 Å². The lowest BCUT2D eigenvalue weighted by Gasteiger charge is -2.37. The number of β-amino-alcohol motifs (C(OH)–C–C–N with tert-alkyl or cyclic N) is 1. The normalized spacial score (nSPS) is 22.6. The molecule has 2 aliphatic heterocycles. The summed E-state index contributed by atoms with van der Waals surface area (Å²) in [5.74, 6) is -0.196. The molecule has 4 aliphatic rings. The summed E-state index contributed by atoms with van der Waals surface area (Å²) in [7, 11) is 0. The maximum Gasteiger partial charge on any atom is 0.169 e. The van der Waals surface area contributed by atoms with Crippen molar-refractivity contribution in [1.82, 2.24) is 10.6 Å². The summed E-state index contributed by atoms with van der Waals surface area (Å²) in [6.45, 7) is 17.0. The first-order valence-corrected chi connectivity index (χ1v) is 17.2. The van der Waals surface area contributed by atoms with E-state index in [1.165, 1.54) is 0 Å². The Morgan fingerprint density at radius 1 is 0.422 bits per heavy atom. The molecule has 0 aromatic rings. The molecule has 45 heavy (non-hydrogen) atoms. The van der Waals surface area contributed by atoms with Gasteiger partial charge >= 0.3 is 0 Å². The van der Waals surface area contributed by atoms with Gasteiger partial charge in [0.05, 0.1) is 0 Å². The van der Waals surface area contributed by atoms with Gasteiger partial charge in [-0.05, 0) is 64.5 Å². The van der Waals surface area contributed by atoms with Crippen LogP contribution in [0.3, 0.4) is 0 Å². The van der Waals surface area contributed by atoms with Crippen molar-refractivity contribution in [2.24, 2.45) is 23.7 Å². The van der Waals surface area contributed by atoms with Crippen LogP contribution in [0.2, 0.25) is 0 Å². The molecule has 0 unspecified atom stereocenters. The van der Waals surface area contributed by atoms with Crippen molar-refractivity contribution in [2.75, 3.05) is 26.2 Å². The molecule has 0 radical (unpaired) electrons. The quantitative estimate of drug-likeness (QED) is 0.231. The van der Waals surface area contributed by atoms with Crippen LogP contribution < -0.4 is 10.6 Å². The number of hydrogen-bond acceptors (Lipinski definition) is 10. The number of hydrogen-bond donors (Lipinski definition) is 6. The Bertz CT molecular complexity index is 913. The Labute approximate surface area is 271 Å². The Morgan fingerprint density at radius 3 is 0.933 bits per heavy atom. The fourth-order valence-corrected chi connectivity index (χ4v) is 6.36. The number of nitrogens with one attached hydrogen (secondary N) is 2. The Balaban J connectivity index is 0.000000301. The van der Waals surface area contributed by atoms with Gasteiger partial charge in [-0.15, -0.1) is 0 Å². The van der Waals surface area contributed by atoms with Gasteiger partial charge in [0, 0.05) is 36.8 Å². The maximum atomic E-state index is 11.6. The van der Waals surface area contributed by atoms with Crippen LogP contribution >= 0.6 is 0 Å². The number of ketones is 4. The van der Waals surface area contributed by atoms with Crippen molar-refractivity contribution in [2.45, 2.75) is 148 Å². The van der Waals surface area contributed by atoms with Gasteiger partial charge < -0.3 is 31.1 Å². The van der Waals surface area contributed by atoms with E-state index in [2.05, 4.69) is 10.6 Å². The molecule has 2 saturated carbocycles. The van der Waals surface area contributed by atoms with Crippen molar-refractivity contribution in [1.29, 1.82) is 0 Å². The molecule has 0 spiro atoms. The van der Waals surface area contributed by atoms with Crippen LogP contribution in [0.4, 0.5) is 0 Å². The number of rotatable bonds is 8. The molecule has 4 rings (SSSR count). The molecular weight excluding hydrogens is 576 g/mol. The summed E-state index contributed by atoms with van der Waals surface area (Å²) in [4.78, 5) is 45.7. The molecule has 0 amide bonds. The van der Waals surface area contributed by atoms with E-state index in [1.807, 2.05) is 41.5 Å². The molecule has 2 heterocycles. The molecule has 6 N–H and O–H groups in total. The highest BCUT2D eigenvalue weighted by atomic mass is 16.3. The van der Waals surface area contributed by atoms with Crippen molar-refractivity contribution in [3.63, 3.8) is 0 Å². The molecule has 0 bridgehead atoms. The van der Waals surface area contributed by atoms with Gasteiger partial charge in [-0.1, -0.05) is 74.7 Å². The monoisotopic (exact) mass is 640 g/mol. The van der Waals surface area contributed by atoms with E-state index in [9.17, 15) is 39.6 Å². The fraction of sp³-hybridized carbons (Fsp3) is 0.886. The highest BCUT2D eigenvalue weighted by Crippen LogP contribution is 2.32. The topological polar surface area (TPSA) is 173 Å². The van der Waals surface area contributed by atoms with Crippen LogP contribution in [0.1, 0.15) is 126 Å². The van der Waals surface area contributed by atoms with Gasteiger partial charge in [0.15, 0.2) is 23.1 Å². The van der Waals surface area contributed by atoms with E-state index >= 15 is 0 Å². The molecule has 4 fully saturated rings. The molecule has 2 saturated heterocycles. The predicted molar refractivity (Wildman–Crippen MR) is 176 cm³/mol. The first-order valence-electron chi connectivity index (χ1n) is 17.2. The third-order valence-corrected chi connectivity index (χ3v) is 9.31. The molecule has 10 heteroatoms. The first kappa shape index (κ1) is 41.5. The third-order valence-electron chi connectivity index (χ3n) is 9.31. The second-order valence-corrected chi connectivity index (χ2v) is 14.8. The molecule has 0 atom stereocenters. The van der Waals surface area contributed by atoms with Crippen molar-refractivity contribution >= 4 is 23.1 Å². The van der Waals surface area contributed by atoms with Gasteiger partial charge in [-0.2, -0.15) is 0 Å². The largest absolute Gasteiger partial charge is 0.382 e. The maximum absolute atomic E-state index is 11.6. The van der Waals surface area contributed by atoms with Crippen LogP contribution in [0.25, 0.3) is 0 Å². The summed E-state index contributed by atoms with van der Waals surface area (Å²) in [6.07, 6.45) is 8.94. The molecule has 10 nitrogen and oxygen atoms in total. The smallest absolute Gasteiger partial charge is 0.169 e. The summed E-state index contributed by atoms with van der Waals surface area (Å²) in [6, 6.07) is 0. The minimum Gasteiger partial charge on any atom is -0.382 e. The number of carbonyl (C=O) groups excluding carboxylic acids is 4. The Kier molecular flexibility index (Phi) is 16.7. The van der Waals surface area contributed by atoms with Crippen molar-refractivity contribution in [3.05, 3.63) is 0 Å². The van der Waals surface area contributed by atoms with Crippen LogP contribution in [0, 0.1) is 23.7 Å². The fourth-order valence-electron chi connectivity index (χ4n) is 6.36. The second kappa shape index (κ2) is 18.1. The number of Topliss-reactive ketones (excluding diaryl/α,β-unsaturated/α-hetero) is 4. The van der Waals surface area contributed by atoms with E-state index < -0.39 is 22.4 Å². The zero-order valence-corrected chi connectivity index (χ0v) is 29.3. The molecule has 0 aromatic heterocycles. The van der Waals surface area contributed by atoms with Gasteiger partial charge in [0.25, 0.3) is 0 Å². The molecule has 2 aliphatic carbocycles. The minimum absolute atomic E-state index is 0.0102. The predicted octanol–water partition coefficient (Wildman–Crippen LogP) is 3.30. The molecule has 262 valence electrons. The van der Waals surface area contributed by atoms with Gasteiger partial charge in [0.1, 0.15) is 22.4 Å². The Morgan fingerprint density at radius 2 is 0.689 bits per heavy atom. The number of aliphatic hydroxyl groups is 4. The zero-order chi connectivity index (χ0) is 34.6. The summed E-state index contributed by atoms with van der Waals surface area (Å²) < 4.78 is 0. The van der Waals surface area contributed by atoms with Gasteiger partial charge in [0.2, 0.25) is 0 Å². The average Bonchev–Trinajstić information content (AvgIpc) is 3.43. The van der Waals surface area contributed by atoms with E-state index in [0.717, 1.165) is 45.2 Å². The van der Waals surface area contributed by atoms with Crippen molar-refractivity contribution < 1.29 is 39.6 Å². The van der Waals surface area contributed by atoms with Crippen LogP contribution in [-0.2, 0) is 19.2 Å². The summed E-state index contributed by atoms with van der Waals surface area (Å²) >= 11 is 0. The third kappa shape index (κ3) is 12.2. The standard InChI is InChI=1S/C10H18O2.C9H17NO2.C9H16O2.C7H13NO2/c1-8(2)9(11)10(12)6-4-3-5-7-10;1-7(2)8(11)9(12)3-5-10-6-4-9;1-7(2)8(10)9(11)5-3-4-6-9;1-5(2)6(9)7(10)3-8-4-7/h8,12H,3-7H2,1-2H3;7,10,12H,3-6H2,1-2H3;7,11H,3-6H2,1-2H3;5,8,10H,3-4H2,1-2H3. The van der Waals surface area contributed by atoms with Crippen LogP contribution in [0.5, 0.6) is 0 Å². The lowest BCUT2D eigenvalue weighted by Crippen LogP contribution is -2.65. The summed E-state index contributed by atoms with van der Waals surface area (Å²) in [5, 5.41) is 45.1. The molecular formula is C35H64N2O8. The SMILES string of the molecule is CC(C)C(=O)C1(O)CCCC1.CC(C)C(=O)C1(O)CCCCC1.CC(C)C(=O)C1(O)CCNCC1.CC(C)C(=O)C1(O)CNC1. The minimum atomic E-state index is -1.05. The zero-order valence-electron chi connectivity index (χ0n) is 29.3. The number of carbonyl (C=O) groups is 4. The van der Waals surface area contributed by atoms with E-state index in [0.29, 0.717) is 51.6 Å². The van der Waals surface area contributed by atoms with Gasteiger partial charge in [-0.25, -0.2) is 0 Å². The van der Waals surface area contributed by atoms with E-state index in [-0.39, 0.29) is 46.8 Å². The second-order valence-electron chi connectivity index (χ2n) is 14.8.